The van der Waals surface area contributed by atoms with Crippen molar-refractivity contribution in [3.63, 3.8) is 0 Å². The second kappa shape index (κ2) is 7.92. The molecular formula is C16H26N2O2S. The predicted octanol–water partition coefficient (Wildman–Crippen LogP) is 2.55. The second-order valence-corrected chi connectivity index (χ2v) is 7.64. The van der Waals surface area contributed by atoms with E-state index < -0.39 is 10.0 Å². The number of hydrogen-bond donors (Lipinski definition) is 2. The molecule has 0 spiro atoms. The molecule has 0 saturated heterocycles. The van der Waals surface area contributed by atoms with Crippen LogP contribution in [0.2, 0.25) is 0 Å². The van der Waals surface area contributed by atoms with E-state index in [0.717, 1.165) is 36.9 Å². The van der Waals surface area contributed by atoms with Crippen molar-refractivity contribution in [2.75, 3.05) is 6.54 Å². The number of hydrogen-bond acceptors (Lipinski definition) is 3. The largest absolute Gasteiger partial charge is 0.310 e. The van der Waals surface area contributed by atoms with Crippen LogP contribution in [-0.4, -0.2) is 21.0 Å². The van der Waals surface area contributed by atoms with Gasteiger partial charge in [0.2, 0.25) is 10.0 Å². The summed E-state index contributed by atoms with van der Waals surface area (Å²) in [5, 5.41) is 3.45. The third-order valence-corrected chi connectivity index (χ3v) is 4.98. The summed E-state index contributed by atoms with van der Waals surface area (Å²) in [5.74, 6) is 0.0659. The average Bonchev–Trinajstić information content (AvgIpc) is 3.26. The first-order valence-electron chi connectivity index (χ1n) is 7.87. The van der Waals surface area contributed by atoms with Crippen molar-refractivity contribution >= 4 is 10.0 Å². The molecule has 2 N–H and O–H groups in total. The molecule has 0 amide bonds. The van der Waals surface area contributed by atoms with Crippen LogP contribution in [0.5, 0.6) is 0 Å². The van der Waals surface area contributed by atoms with E-state index in [4.69, 9.17) is 0 Å². The van der Waals surface area contributed by atoms with Gasteiger partial charge in [-0.25, -0.2) is 13.1 Å². The summed E-state index contributed by atoms with van der Waals surface area (Å²) in [6.07, 6.45) is 5.58. The van der Waals surface area contributed by atoms with Crippen LogP contribution in [0, 0.1) is 0 Å². The topological polar surface area (TPSA) is 58.2 Å². The summed E-state index contributed by atoms with van der Waals surface area (Å²) in [6.45, 7) is 3.47. The minimum Gasteiger partial charge on any atom is -0.310 e. The van der Waals surface area contributed by atoms with E-state index in [9.17, 15) is 8.42 Å². The minimum atomic E-state index is -3.22. The normalized spacial score (nSPS) is 15.3. The SMILES string of the molecule is CCCCCNS(=O)(=O)Cc1cccc(CNC2CC2)c1. The summed E-state index contributed by atoms with van der Waals surface area (Å²) in [6, 6.07) is 8.51. The molecule has 21 heavy (non-hydrogen) atoms. The van der Waals surface area contributed by atoms with E-state index in [-0.39, 0.29) is 5.75 Å². The van der Waals surface area contributed by atoms with Crippen LogP contribution in [-0.2, 0) is 22.3 Å². The molecule has 0 heterocycles. The van der Waals surface area contributed by atoms with E-state index in [1.807, 2.05) is 24.3 Å². The molecule has 118 valence electrons. The molecule has 0 aromatic heterocycles. The molecule has 0 atom stereocenters. The lowest BCUT2D eigenvalue weighted by atomic mass is 10.1. The molecule has 5 heteroatoms. The van der Waals surface area contributed by atoms with Crippen LogP contribution in [0.25, 0.3) is 0 Å². The Labute approximate surface area is 128 Å². The molecule has 2 rings (SSSR count). The highest BCUT2D eigenvalue weighted by atomic mass is 32.2. The molecule has 1 aromatic carbocycles. The van der Waals surface area contributed by atoms with Crippen LogP contribution in [0.4, 0.5) is 0 Å². The van der Waals surface area contributed by atoms with Crippen LogP contribution < -0.4 is 10.0 Å². The van der Waals surface area contributed by atoms with Gasteiger partial charge in [-0.3, -0.25) is 0 Å². The summed E-state index contributed by atoms with van der Waals surface area (Å²) >= 11 is 0. The third-order valence-electron chi connectivity index (χ3n) is 3.62. The van der Waals surface area contributed by atoms with Gasteiger partial charge in [0, 0.05) is 19.1 Å². The van der Waals surface area contributed by atoms with Gasteiger partial charge in [-0.05, 0) is 30.4 Å². The van der Waals surface area contributed by atoms with Crippen molar-refractivity contribution in [3.8, 4) is 0 Å². The Morgan fingerprint density at radius 1 is 1.19 bits per heavy atom. The fraction of sp³-hybridized carbons (Fsp3) is 0.625. The van der Waals surface area contributed by atoms with Gasteiger partial charge in [0.25, 0.3) is 0 Å². The van der Waals surface area contributed by atoms with E-state index in [1.54, 1.807) is 0 Å². The highest BCUT2D eigenvalue weighted by molar-refractivity contribution is 7.88. The standard InChI is InChI=1S/C16H26N2O2S/c1-2-3-4-10-18-21(19,20)13-15-7-5-6-14(11-15)12-17-16-8-9-16/h5-7,11,16-18H,2-4,8-10,12-13H2,1H3. The van der Waals surface area contributed by atoms with Gasteiger partial charge in [0.1, 0.15) is 0 Å². The molecule has 0 unspecified atom stereocenters. The van der Waals surface area contributed by atoms with E-state index in [1.165, 1.54) is 12.8 Å². The lowest BCUT2D eigenvalue weighted by Crippen LogP contribution is -2.26. The van der Waals surface area contributed by atoms with Gasteiger partial charge in [-0.2, -0.15) is 0 Å². The Morgan fingerprint density at radius 3 is 2.67 bits per heavy atom. The smallest absolute Gasteiger partial charge is 0.215 e. The van der Waals surface area contributed by atoms with Crippen LogP contribution in [0.1, 0.15) is 50.2 Å². The maximum Gasteiger partial charge on any atom is 0.215 e. The molecule has 0 bridgehead atoms. The van der Waals surface area contributed by atoms with Crippen molar-refractivity contribution in [1.29, 1.82) is 0 Å². The van der Waals surface area contributed by atoms with Gasteiger partial charge in [0.15, 0.2) is 0 Å². The van der Waals surface area contributed by atoms with Crippen molar-refractivity contribution in [1.82, 2.24) is 10.0 Å². The maximum atomic E-state index is 12.0. The van der Waals surface area contributed by atoms with Crippen molar-refractivity contribution in [2.45, 2.75) is 57.4 Å². The Bertz CT molecular complexity index is 539. The van der Waals surface area contributed by atoms with Gasteiger partial charge in [0.05, 0.1) is 5.75 Å². The first-order valence-corrected chi connectivity index (χ1v) is 9.53. The molecule has 1 aromatic rings. The Kier molecular flexibility index (Phi) is 6.21. The number of rotatable bonds is 10. The molecule has 1 aliphatic carbocycles. The average molecular weight is 310 g/mol. The number of unbranched alkanes of at least 4 members (excludes halogenated alkanes) is 2. The first-order chi connectivity index (χ1) is 10.1. The molecular weight excluding hydrogens is 284 g/mol. The fourth-order valence-corrected chi connectivity index (χ4v) is 3.43. The lowest BCUT2D eigenvalue weighted by molar-refractivity contribution is 0.575. The predicted molar refractivity (Wildman–Crippen MR) is 86.5 cm³/mol. The Hall–Kier alpha value is -0.910. The van der Waals surface area contributed by atoms with Crippen molar-refractivity contribution in [2.24, 2.45) is 0 Å². The van der Waals surface area contributed by atoms with Crippen LogP contribution in [0.15, 0.2) is 24.3 Å². The zero-order valence-corrected chi connectivity index (χ0v) is 13.6. The Morgan fingerprint density at radius 2 is 1.95 bits per heavy atom. The molecule has 1 fully saturated rings. The van der Waals surface area contributed by atoms with Gasteiger partial charge in [-0.15, -0.1) is 0 Å². The van der Waals surface area contributed by atoms with Gasteiger partial charge >= 0.3 is 0 Å². The van der Waals surface area contributed by atoms with E-state index >= 15 is 0 Å². The summed E-state index contributed by atoms with van der Waals surface area (Å²) in [7, 11) is -3.22. The number of benzene rings is 1. The minimum absolute atomic E-state index is 0.0659. The molecule has 0 radical (unpaired) electrons. The van der Waals surface area contributed by atoms with E-state index in [2.05, 4.69) is 17.0 Å². The van der Waals surface area contributed by atoms with Crippen LogP contribution in [0.3, 0.4) is 0 Å². The number of nitrogens with one attached hydrogen (secondary N) is 2. The molecule has 1 saturated carbocycles. The third kappa shape index (κ3) is 6.59. The monoisotopic (exact) mass is 310 g/mol. The van der Waals surface area contributed by atoms with Gasteiger partial charge < -0.3 is 5.32 Å². The second-order valence-electron chi connectivity index (χ2n) is 5.84. The quantitative estimate of drug-likeness (QED) is 0.653. The van der Waals surface area contributed by atoms with Crippen molar-refractivity contribution in [3.05, 3.63) is 35.4 Å². The summed E-state index contributed by atoms with van der Waals surface area (Å²) in [4.78, 5) is 0. The number of sulfonamides is 1. The fourth-order valence-electron chi connectivity index (χ4n) is 2.25. The summed E-state index contributed by atoms with van der Waals surface area (Å²) < 4.78 is 26.7. The Balaban J connectivity index is 1.83. The maximum absolute atomic E-state index is 12.0. The lowest BCUT2D eigenvalue weighted by Gasteiger charge is -2.08. The summed E-state index contributed by atoms with van der Waals surface area (Å²) in [5.41, 5.74) is 2.01. The highest BCUT2D eigenvalue weighted by Crippen LogP contribution is 2.19. The molecule has 1 aliphatic rings. The highest BCUT2D eigenvalue weighted by Gasteiger charge is 2.20. The van der Waals surface area contributed by atoms with Gasteiger partial charge in [-0.1, -0.05) is 44.0 Å². The van der Waals surface area contributed by atoms with Crippen molar-refractivity contribution < 1.29 is 8.42 Å². The zero-order chi connectivity index (χ0) is 15.1. The molecule has 0 aliphatic heterocycles. The zero-order valence-electron chi connectivity index (χ0n) is 12.8. The molecule has 4 nitrogen and oxygen atoms in total. The van der Waals surface area contributed by atoms with Crippen LogP contribution >= 0.6 is 0 Å². The van der Waals surface area contributed by atoms with E-state index in [0.29, 0.717) is 12.6 Å². The first kappa shape index (κ1) is 16.5.